The highest BCUT2D eigenvalue weighted by molar-refractivity contribution is 9.09. The van der Waals surface area contributed by atoms with Crippen LogP contribution in [0, 0.1) is 0 Å². The smallest absolute Gasteiger partial charge is 0.0151 e. The molecular formula is C15H21Br. The van der Waals surface area contributed by atoms with Gasteiger partial charge in [0.15, 0.2) is 0 Å². The van der Waals surface area contributed by atoms with E-state index in [1.807, 2.05) is 0 Å². The molecule has 0 saturated heterocycles. The minimum atomic E-state index is 0.728. The first kappa shape index (κ1) is 12.2. The number of hydrogen-bond acceptors (Lipinski definition) is 0. The predicted octanol–water partition coefficient (Wildman–Crippen LogP) is 5.06. The second kappa shape index (κ2) is 5.86. The molecule has 1 fully saturated rings. The average molecular weight is 281 g/mol. The molecule has 0 radical (unpaired) electrons. The summed E-state index contributed by atoms with van der Waals surface area (Å²) in [5.41, 5.74) is 3.00. The van der Waals surface area contributed by atoms with E-state index in [0.29, 0.717) is 0 Å². The zero-order valence-corrected chi connectivity index (χ0v) is 11.7. The second-order valence-electron chi connectivity index (χ2n) is 4.91. The quantitative estimate of drug-likeness (QED) is 0.525. The van der Waals surface area contributed by atoms with Gasteiger partial charge in [-0.1, -0.05) is 60.0 Å². The Labute approximate surface area is 108 Å². The maximum absolute atomic E-state index is 3.80. The molecule has 0 amide bonds. The third-order valence-corrected chi connectivity index (χ3v) is 4.55. The largest absolute Gasteiger partial charge is 0.0890 e. The van der Waals surface area contributed by atoms with Gasteiger partial charge in [-0.2, -0.15) is 0 Å². The molecule has 1 heteroatoms. The summed E-state index contributed by atoms with van der Waals surface area (Å²) in [7, 11) is 0. The third-order valence-electron chi connectivity index (χ3n) is 3.72. The Morgan fingerprint density at radius 3 is 2.50 bits per heavy atom. The van der Waals surface area contributed by atoms with Crippen LogP contribution in [0.5, 0.6) is 0 Å². The van der Waals surface area contributed by atoms with E-state index in [2.05, 4.69) is 47.1 Å². The Morgan fingerprint density at radius 2 is 1.81 bits per heavy atom. The fraction of sp³-hybridized carbons (Fsp3) is 0.600. The average Bonchev–Trinajstić information content (AvgIpc) is 2.54. The highest BCUT2D eigenvalue weighted by atomic mass is 79.9. The maximum atomic E-state index is 3.80. The molecule has 16 heavy (non-hydrogen) atoms. The molecular weight excluding hydrogens is 260 g/mol. The molecule has 1 aliphatic rings. The van der Waals surface area contributed by atoms with Crippen molar-refractivity contribution in [1.82, 2.24) is 0 Å². The van der Waals surface area contributed by atoms with Gasteiger partial charge < -0.3 is 0 Å². The van der Waals surface area contributed by atoms with Crippen molar-refractivity contribution in [2.45, 2.75) is 56.2 Å². The Bertz CT molecular complexity index is 315. The molecule has 0 nitrogen and oxygen atoms in total. The Kier molecular flexibility index (Phi) is 4.45. The summed E-state index contributed by atoms with van der Waals surface area (Å²) in [5, 5.41) is 0. The molecule has 2 rings (SSSR count). The molecule has 2 atom stereocenters. The first-order valence-corrected chi connectivity index (χ1v) is 7.44. The lowest BCUT2D eigenvalue weighted by atomic mass is 9.91. The monoisotopic (exact) mass is 280 g/mol. The Hall–Kier alpha value is -0.300. The number of halogens is 1. The van der Waals surface area contributed by atoms with Crippen molar-refractivity contribution in [1.29, 1.82) is 0 Å². The van der Waals surface area contributed by atoms with E-state index in [-0.39, 0.29) is 0 Å². The van der Waals surface area contributed by atoms with Gasteiger partial charge in [-0.3, -0.25) is 0 Å². The van der Waals surface area contributed by atoms with E-state index in [4.69, 9.17) is 0 Å². The number of rotatable bonds is 2. The van der Waals surface area contributed by atoms with Gasteiger partial charge in [0.2, 0.25) is 0 Å². The molecule has 0 aliphatic heterocycles. The Morgan fingerprint density at radius 1 is 1.12 bits per heavy atom. The van der Waals surface area contributed by atoms with E-state index in [9.17, 15) is 0 Å². The normalized spacial score (nSPS) is 26.4. The van der Waals surface area contributed by atoms with Crippen molar-refractivity contribution in [3.8, 4) is 0 Å². The van der Waals surface area contributed by atoms with Gasteiger partial charge in [0.25, 0.3) is 0 Å². The molecule has 0 bridgehead atoms. The van der Waals surface area contributed by atoms with Crippen molar-refractivity contribution in [3.05, 3.63) is 35.4 Å². The maximum Gasteiger partial charge on any atom is 0.0151 e. The lowest BCUT2D eigenvalue weighted by molar-refractivity contribution is 0.600. The van der Waals surface area contributed by atoms with Gasteiger partial charge in [-0.15, -0.1) is 0 Å². The molecule has 1 saturated carbocycles. The van der Waals surface area contributed by atoms with Crippen LogP contribution in [0.15, 0.2) is 24.3 Å². The van der Waals surface area contributed by atoms with Crippen LogP contribution >= 0.6 is 15.9 Å². The molecule has 0 aromatic heterocycles. The van der Waals surface area contributed by atoms with Gasteiger partial charge in [0, 0.05) is 4.83 Å². The number of benzene rings is 1. The minimum absolute atomic E-state index is 0.728. The van der Waals surface area contributed by atoms with E-state index in [1.54, 1.807) is 5.56 Å². The lowest BCUT2D eigenvalue weighted by Crippen LogP contribution is -2.03. The molecule has 0 N–H and O–H groups in total. The third kappa shape index (κ3) is 3.10. The molecule has 2 unspecified atom stereocenters. The van der Waals surface area contributed by atoms with Gasteiger partial charge in [-0.25, -0.2) is 0 Å². The van der Waals surface area contributed by atoms with Crippen LogP contribution in [0.25, 0.3) is 0 Å². The molecule has 1 aromatic rings. The molecule has 0 spiro atoms. The Balaban J connectivity index is 2.09. The number of aryl methyl sites for hydroxylation is 1. The van der Waals surface area contributed by atoms with Crippen LogP contribution in [0.2, 0.25) is 0 Å². The highest BCUT2D eigenvalue weighted by Crippen LogP contribution is 2.34. The van der Waals surface area contributed by atoms with Crippen LogP contribution < -0.4 is 0 Å². The van der Waals surface area contributed by atoms with E-state index in [1.165, 1.54) is 37.7 Å². The summed E-state index contributed by atoms with van der Waals surface area (Å²) in [6.45, 7) is 2.22. The van der Waals surface area contributed by atoms with Crippen molar-refractivity contribution < 1.29 is 0 Å². The fourth-order valence-electron chi connectivity index (χ4n) is 2.63. The van der Waals surface area contributed by atoms with Crippen LogP contribution in [-0.4, -0.2) is 4.83 Å². The predicted molar refractivity (Wildman–Crippen MR) is 74.4 cm³/mol. The summed E-state index contributed by atoms with van der Waals surface area (Å²) in [6.07, 6.45) is 7.95. The summed E-state index contributed by atoms with van der Waals surface area (Å²) < 4.78 is 0. The summed E-state index contributed by atoms with van der Waals surface area (Å²) in [5.74, 6) is 0.776. The SMILES string of the molecule is CCc1ccc(C2CCCCC(Br)C2)cc1. The molecule has 0 heterocycles. The summed E-state index contributed by atoms with van der Waals surface area (Å²) in [4.78, 5) is 0.728. The topological polar surface area (TPSA) is 0 Å². The molecule has 88 valence electrons. The van der Waals surface area contributed by atoms with Gasteiger partial charge in [0.1, 0.15) is 0 Å². The van der Waals surface area contributed by atoms with Crippen LogP contribution in [-0.2, 0) is 6.42 Å². The van der Waals surface area contributed by atoms with Crippen molar-refractivity contribution >= 4 is 15.9 Å². The van der Waals surface area contributed by atoms with E-state index in [0.717, 1.165) is 17.2 Å². The van der Waals surface area contributed by atoms with E-state index >= 15 is 0 Å². The van der Waals surface area contributed by atoms with Crippen molar-refractivity contribution in [2.75, 3.05) is 0 Å². The van der Waals surface area contributed by atoms with Crippen LogP contribution in [0.1, 0.15) is 56.1 Å². The van der Waals surface area contributed by atoms with Crippen LogP contribution in [0.3, 0.4) is 0 Å². The minimum Gasteiger partial charge on any atom is -0.0890 e. The second-order valence-corrected chi connectivity index (χ2v) is 6.20. The zero-order chi connectivity index (χ0) is 11.4. The van der Waals surface area contributed by atoms with Gasteiger partial charge in [-0.05, 0) is 42.7 Å². The van der Waals surface area contributed by atoms with Crippen molar-refractivity contribution in [2.24, 2.45) is 0 Å². The molecule has 1 aromatic carbocycles. The van der Waals surface area contributed by atoms with Gasteiger partial charge >= 0.3 is 0 Å². The lowest BCUT2D eigenvalue weighted by Gasteiger charge is -2.17. The van der Waals surface area contributed by atoms with Crippen molar-refractivity contribution in [3.63, 3.8) is 0 Å². The number of hydrogen-bond donors (Lipinski definition) is 0. The van der Waals surface area contributed by atoms with Crippen LogP contribution in [0.4, 0.5) is 0 Å². The first-order valence-electron chi connectivity index (χ1n) is 6.52. The summed E-state index contributed by atoms with van der Waals surface area (Å²) in [6, 6.07) is 9.27. The molecule has 1 aliphatic carbocycles. The van der Waals surface area contributed by atoms with E-state index < -0.39 is 0 Å². The van der Waals surface area contributed by atoms with Gasteiger partial charge in [0.05, 0.1) is 0 Å². The fourth-order valence-corrected chi connectivity index (χ4v) is 3.40. The first-order chi connectivity index (χ1) is 7.79. The summed E-state index contributed by atoms with van der Waals surface area (Å²) >= 11 is 3.80. The highest BCUT2D eigenvalue weighted by Gasteiger charge is 2.19. The zero-order valence-electron chi connectivity index (χ0n) is 10.1. The standard InChI is InChI=1S/C15H21Br/c1-2-12-7-9-13(10-8-12)14-5-3-4-6-15(16)11-14/h7-10,14-15H,2-6,11H2,1H3. The number of alkyl halides is 1.